The Balaban J connectivity index is 1.73. The quantitative estimate of drug-likeness (QED) is 0.658. The first-order valence-electron chi connectivity index (χ1n) is 7.93. The molecule has 0 aliphatic heterocycles. The SMILES string of the molecule is Cc1ccc(OCCN(C)C(=O)CNC(=O)c2ccccc2I)cc1. The summed E-state index contributed by atoms with van der Waals surface area (Å²) in [5, 5.41) is 2.66. The summed E-state index contributed by atoms with van der Waals surface area (Å²) < 4.78 is 6.46. The summed E-state index contributed by atoms with van der Waals surface area (Å²) in [4.78, 5) is 25.8. The molecule has 5 nitrogen and oxygen atoms in total. The van der Waals surface area contributed by atoms with Crippen molar-refractivity contribution in [3.8, 4) is 5.75 Å². The Bertz CT molecular complexity index is 732. The Kier molecular flexibility index (Phi) is 7.24. The monoisotopic (exact) mass is 452 g/mol. The predicted molar refractivity (Wildman–Crippen MR) is 106 cm³/mol. The fourth-order valence-corrected chi connectivity index (χ4v) is 2.72. The number of hydrogen-bond donors (Lipinski definition) is 1. The summed E-state index contributed by atoms with van der Waals surface area (Å²) in [6.07, 6.45) is 0. The van der Waals surface area contributed by atoms with Crippen molar-refractivity contribution in [2.45, 2.75) is 6.92 Å². The lowest BCUT2D eigenvalue weighted by Crippen LogP contribution is -2.39. The first kappa shape index (κ1) is 19.2. The molecule has 1 N–H and O–H groups in total. The molecule has 2 aromatic rings. The lowest BCUT2D eigenvalue weighted by molar-refractivity contribution is -0.129. The number of nitrogens with one attached hydrogen (secondary N) is 1. The van der Waals surface area contributed by atoms with Crippen molar-refractivity contribution in [3.05, 3.63) is 63.2 Å². The second-order valence-corrected chi connectivity index (χ2v) is 6.80. The third-order valence-corrected chi connectivity index (χ3v) is 4.60. The molecule has 132 valence electrons. The van der Waals surface area contributed by atoms with Gasteiger partial charge in [-0.25, -0.2) is 0 Å². The lowest BCUT2D eigenvalue weighted by Gasteiger charge is -2.18. The number of carbonyl (C=O) groups is 2. The van der Waals surface area contributed by atoms with Crippen molar-refractivity contribution in [2.75, 3.05) is 26.7 Å². The molecule has 0 bridgehead atoms. The lowest BCUT2D eigenvalue weighted by atomic mass is 10.2. The van der Waals surface area contributed by atoms with Gasteiger partial charge in [0, 0.05) is 10.6 Å². The predicted octanol–water partition coefficient (Wildman–Crippen LogP) is 2.87. The van der Waals surface area contributed by atoms with E-state index in [2.05, 4.69) is 27.9 Å². The van der Waals surface area contributed by atoms with E-state index in [0.717, 1.165) is 9.32 Å². The first-order chi connectivity index (χ1) is 12.0. The van der Waals surface area contributed by atoms with Crippen LogP contribution in [0.3, 0.4) is 0 Å². The molecular weight excluding hydrogens is 431 g/mol. The van der Waals surface area contributed by atoms with E-state index in [0.29, 0.717) is 18.7 Å². The van der Waals surface area contributed by atoms with E-state index in [-0.39, 0.29) is 18.4 Å². The smallest absolute Gasteiger partial charge is 0.252 e. The van der Waals surface area contributed by atoms with Crippen LogP contribution in [0.4, 0.5) is 0 Å². The molecule has 2 aromatic carbocycles. The highest BCUT2D eigenvalue weighted by Crippen LogP contribution is 2.12. The average Bonchev–Trinajstić information content (AvgIpc) is 2.61. The van der Waals surface area contributed by atoms with Gasteiger partial charge >= 0.3 is 0 Å². The summed E-state index contributed by atoms with van der Waals surface area (Å²) in [5.74, 6) is 0.368. The number of hydrogen-bond acceptors (Lipinski definition) is 3. The summed E-state index contributed by atoms with van der Waals surface area (Å²) in [6.45, 7) is 2.83. The standard InChI is InChI=1S/C19H21IN2O3/c1-14-7-9-15(10-8-14)25-12-11-22(2)18(23)13-21-19(24)16-5-3-4-6-17(16)20/h3-10H,11-13H2,1-2H3,(H,21,24). The normalized spacial score (nSPS) is 10.2. The van der Waals surface area contributed by atoms with Gasteiger partial charge in [-0.15, -0.1) is 0 Å². The topological polar surface area (TPSA) is 58.6 Å². The molecule has 0 heterocycles. The molecule has 0 saturated carbocycles. The number of halogens is 1. The molecular formula is C19H21IN2O3. The Labute approximate surface area is 161 Å². The minimum Gasteiger partial charge on any atom is -0.492 e. The maximum absolute atomic E-state index is 12.1. The van der Waals surface area contributed by atoms with E-state index in [1.165, 1.54) is 5.56 Å². The third kappa shape index (κ3) is 6.04. The molecule has 0 aliphatic rings. The number of rotatable bonds is 7. The highest BCUT2D eigenvalue weighted by Gasteiger charge is 2.13. The number of carbonyl (C=O) groups excluding carboxylic acids is 2. The van der Waals surface area contributed by atoms with Gasteiger partial charge in [-0.1, -0.05) is 29.8 Å². The van der Waals surface area contributed by atoms with Gasteiger partial charge in [0.2, 0.25) is 5.91 Å². The van der Waals surface area contributed by atoms with Crippen LogP contribution < -0.4 is 10.1 Å². The number of ether oxygens (including phenoxy) is 1. The minimum atomic E-state index is -0.248. The molecule has 0 spiro atoms. The zero-order valence-electron chi connectivity index (χ0n) is 14.3. The maximum atomic E-state index is 12.1. The van der Waals surface area contributed by atoms with E-state index >= 15 is 0 Å². The van der Waals surface area contributed by atoms with Crippen LogP contribution in [0, 0.1) is 10.5 Å². The molecule has 6 heteroatoms. The molecule has 0 radical (unpaired) electrons. The van der Waals surface area contributed by atoms with Gasteiger partial charge in [-0.2, -0.15) is 0 Å². The van der Waals surface area contributed by atoms with Gasteiger partial charge in [0.1, 0.15) is 12.4 Å². The molecule has 0 atom stereocenters. The number of likely N-dealkylation sites (N-methyl/N-ethyl adjacent to an activating group) is 1. The van der Waals surface area contributed by atoms with Crippen molar-refractivity contribution in [1.29, 1.82) is 0 Å². The zero-order valence-corrected chi connectivity index (χ0v) is 16.4. The Morgan fingerprint density at radius 1 is 1.12 bits per heavy atom. The fourth-order valence-electron chi connectivity index (χ4n) is 2.09. The largest absolute Gasteiger partial charge is 0.492 e. The van der Waals surface area contributed by atoms with Crippen molar-refractivity contribution in [3.63, 3.8) is 0 Å². The number of nitrogens with zero attached hydrogens (tertiary/aromatic N) is 1. The van der Waals surface area contributed by atoms with Crippen LogP contribution in [0.25, 0.3) is 0 Å². The van der Waals surface area contributed by atoms with Gasteiger partial charge in [0.25, 0.3) is 5.91 Å². The molecule has 0 saturated heterocycles. The Morgan fingerprint density at radius 2 is 1.80 bits per heavy atom. The van der Waals surface area contributed by atoms with Crippen LogP contribution in [0.1, 0.15) is 15.9 Å². The van der Waals surface area contributed by atoms with Crippen LogP contribution in [0.2, 0.25) is 0 Å². The van der Waals surface area contributed by atoms with Gasteiger partial charge in [0.15, 0.2) is 0 Å². The van der Waals surface area contributed by atoms with Crippen molar-refractivity contribution in [2.24, 2.45) is 0 Å². The molecule has 2 amide bonds. The van der Waals surface area contributed by atoms with Gasteiger partial charge in [0.05, 0.1) is 18.7 Å². The van der Waals surface area contributed by atoms with Crippen molar-refractivity contribution < 1.29 is 14.3 Å². The highest BCUT2D eigenvalue weighted by atomic mass is 127. The number of amides is 2. The van der Waals surface area contributed by atoms with Crippen molar-refractivity contribution in [1.82, 2.24) is 10.2 Å². The summed E-state index contributed by atoms with van der Waals surface area (Å²) in [6, 6.07) is 15.0. The first-order valence-corrected chi connectivity index (χ1v) is 9.01. The van der Waals surface area contributed by atoms with E-state index in [4.69, 9.17) is 4.74 Å². The van der Waals surface area contributed by atoms with Gasteiger partial charge in [-0.05, 0) is 53.8 Å². The van der Waals surface area contributed by atoms with Gasteiger partial charge in [-0.3, -0.25) is 9.59 Å². The van der Waals surface area contributed by atoms with Crippen LogP contribution >= 0.6 is 22.6 Å². The van der Waals surface area contributed by atoms with Crippen LogP contribution in [0.15, 0.2) is 48.5 Å². The van der Waals surface area contributed by atoms with Crippen LogP contribution in [0.5, 0.6) is 5.75 Å². The second kappa shape index (κ2) is 9.41. The number of aryl methyl sites for hydroxylation is 1. The van der Waals surface area contributed by atoms with E-state index < -0.39 is 0 Å². The maximum Gasteiger partial charge on any atom is 0.252 e. The molecule has 25 heavy (non-hydrogen) atoms. The molecule has 0 fully saturated rings. The average molecular weight is 452 g/mol. The third-order valence-electron chi connectivity index (χ3n) is 3.66. The molecule has 0 aromatic heterocycles. The van der Waals surface area contributed by atoms with E-state index in [1.807, 2.05) is 43.3 Å². The second-order valence-electron chi connectivity index (χ2n) is 5.64. The summed E-state index contributed by atoms with van der Waals surface area (Å²) in [7, 11) is 1.69. The van der Waals surface area contributed by atoms with Gasteiger partial charge < -0.3 is 15.0 Å². The summed E-state index contributed by atoms with van der Waals surface area (Å²) >= 11 is 2.10. The molecule has 2 rings (SSSR count). The Morgan fingerprint density at radius 3 is 2.48 bits per heavy atom. The van der Waals surface area contributed by atoms with Crippen LogP contribution in [-0.4, -0.2) is 43.5 Å². The zero-order chi connectivity index (χ0) is 18.2. The summed E-state index contributed by atoms with van der Waals surface area (Å²) in [5.41, 5.74) is 1.74. The highest BCUT2D eigenvalue weighted by molar-refractivity contribution is 14.1. The Hall–Kier alpha value is -2.09. The van der Waals surface area contributed by atoms with Crippen LogP contribution in [-0.2, 0) is 4.79 Å². The molecule has 0 aliphatic carbocycles. The minimum absolute atomic E-state index is 0.0369. The van der Waals surface area contributed by atoms with Crippen molar-refractivity contribution >= 4 is 34.4 Å². The van der Waals surface area contributed by atoms with E-state index in [1.54, 1.807) is 24.1 Å². The molecule has 0 unspecified atom stereocenters. The fraction of sp³-hybridized carbons (Fsp3) is 0.263. The van der Waals surface area contributed by atoms with E-state index in [9.17, 15) is 9.59 Å². The number of benzene rings is 2.